The number of nitrogens with zero attached hydrogens (tertiary/aromatic N) is 1. The van der Waals surface area contributed by atoms with Crippen LogP contribution in [-0.4, -0.2) is 56.2 Å². The van der Waals surface area contributed by atoms with Gasteiger partial charge in [0.1, 0.15) is 0 Å². The first kappa shape index (κ1) is 17.3. The number of fused-ring (bicyclic) bond motifs is 1. The van der Waals surface area contributed by atoms with Crippen LogP contribution < -0.4 is 4.90 Å². The fourth-order valence-electron chi connectivity index (χ4n) is 2.67. The van der Waals surface area contributed by atoms with Crippen LogP contribution in [0, 0.1) is 0 Å². The van der Waals surface area contributed by atoms with Gasteiger partial charge in [0.15, 0.2) is 12.7 Å². The highest BCUT2D eigenvalue weighted by Crippen LogP contribution is 2.37. The third-order valence-electron chi connectivity index (χ3n) is 3.96. The molecule has 0 aliphatic carbocycles. The largest absolute Gasteiger partial charge is 0.454 e. The standard InChI is InChI=1S/C17H21NO5S/c1-12-6-7-18(13-4-2-3-5-15(13)24-12)16(19)11-23-17(20)14-10-21-8-9-22-14/h2-5,12,14H,6-11H2,1H3. The third-order valence-corrected chi connectivity index (χ3v) is 5.20. The molecule has 1 aromatic rings. The van der Waals surface area contributed by atoms with Crippen LogP contribution in [0.3, 0.4) is 0 Å². The molecule has 2 aliphatic rings. The summed E-state index contributed by atoms with van der Waals surface area (Å²) in [5.41, 5.74) is 0.880. The summed E-state index contributed by atoms with van der Waals surface area (Å²) < 4.78 is 15.6. The van der Waals surface area contributed by atoms with E-state index in [4.69, 9.17) is 14.2 Å². The fourth-order valence-corrected chi connectivity index (χ4v) is 3.79. The summed E-state index contributed by atoms with van der Waals surface area (Å²) in [6.45, 7) is 3.49. The molecule has 1 amide bonds. The predicted octanol–water partition coefficient (Wildman–Crippen LogP) is 1.86. The van der Waals surface area contributed by atoms with Crippen LogP contribution in [0.5, 0.6) is 0 Å². The van der Waals surface area contributed by atoms with Crippen LogP contribution in [0.2, 0.25) is 0 Å². The molecule has 3 rings (SSSR count). The number of amides is 1. The molecule has 24 heavy (non-hydrogen) atoms. The van der Waals surface area contributed by atoms with E-state index in [0.717, 1.165) is 17.0 Å². The molecule has 130 valence electrons. The molecule has 1 saturated heterocycles. The molecule has 6 nitrogen and oxygen atoms in total. The zero-order chi connectivity index (χ0) is 16.9. The summed E-state index contributed by atoms with van der Waals surface area (Å²) in [7, 11) is 0. The molecule has 0 aromatic heterocycles. The highest BCUT2D eigenvalue weighted by molar-refractivity contribution is 8.00. The highest BCUT2D eigenvalue weighted by Gasteiger charge is 2.28. The highest BCUT2D eigenvalue weighted by atomic mass is 32.2. The lowest BCUT2D eigenvalue weighted by molar-refractivity contribution is -0.172. The zero-order valence-electron chi connectivity index (χ0n) is 13.6. The number of carbonyl (C=O) groups is 2. The van der Waals surface area contributed by atoms with Crippen molar-refractivity contribution in [2.75, 3.05) is 37.9 Å². The Bertz CT molecular complexity index is 602. The van der Waals surface area contributed by atoms with Gasteiger partial charge in [0.25, 0.3) is 5.91 Å². The minimum atomic E-state index is -0.737. The number of para-hydroxylation sites is 1. The first-order valence-corrected chi connectivity index (χ1v) is 8.95. The van der Waals surface area contributed by atoms with Gasteiger partial charge in [0.05, 0.1) is 25.5 Å². The molecule has 2 aliphatic heterocycles. The fraction of sp³-hybridized carbons (Fsp3) is 0.529. The van der Waals surface area contributed by atoms with Crippen molar-refractivity contribution in [1.29, 1.82) is 0 Å². The lowest BCUT2D eigenvalue weighted by Crippen LogP contribution is -2.40. The number of hydrogen-bond donors (Lipinski definition) is 0. The van der Waals surface area contributed by atoms with Crippen molar-refractivity contribution < 1.29 is 23.8 Å². The van der Waals surface area contributed by atoms with Crippen LogP contribution in [-0.2, 0) is 23.8 Å². The first-order valence-electron chi connectivity index (χ1n) is 8.07. The van der Waals surface area contributed by atoms with Gasteiger partial charge in [-0.3, -0.25) is 4.79 Å². The van der Waals surface area contributed by atoms with E-state index in [1.165, 1.54) is 0 Å². The van der Waals surface area contributed by atoms with Gasteiger partial charge in [-0.1, -0.05) is 19.1 Å². The Morgan fingerprint density at radius 2 is 2.17 bits per heavy atom. The van der Waals surface area contributed by atoms with Crippen molar-refractivity contribution in [2.24, 2.45) is 0 Å². The molecule has 0 radical (unpaired) electrons. The molecule has 2 unspecified atom stereocenters. The maximum Gasteiger partial charge on any atom is 0.338 e. The van der Waals surface area contributed by atoms with E-state index in [1.54, 1.807) is 16.7 Å². The van der Waals surface area contributed by atoms with Gasteiger partial charge in [0.2, 0.25) is 0 Å². The second kappa shape index (κ2) is 8.00. The normalized spacial score (nSPS) is 24.0. The molecular formula is C17H21NO5S. The molecule has 0 saturated carbocycles. The van der Waals surface area contributed by atoms with Gasteiger partial charge in [-0.05, 0) is 18.6 Å². The van der Waals surface area contributed by atoms with E-state index in [-0.39, 0.29) is 19.1 Å². The Labute approximate surface area is 145 Å². The summed E-state index contributed by atoms with van der Waals surface area (Å²) in [5, 5.41) is 0.430. The lowest BCUT2D eigenvalue weighted by atomic mass is 10.2. The smallest absolute Gasteiger partial charge is 0.338 e. The monoisotopic (exact) mass is 351 g/mol. The Kier molecular flexibility index (Phi) is 5.76. The number of anilines is 1. The van der Waals surface area contributed by atoms with Crippen molar-refractivity contribution in [3.8, 4) is 0 Å². The maximum absolute atomic E-state index is 12.6. The molecule has 1 aromatic carbocycles. The second-order valence-corrected chi connectivity index (χ2v) is 7.25. The Morgan fingerprint density at radius 1 is 1.33 bits per heavy atom. The maximum atomic E-state index is 12.6. The number of carbonyl (C=O) groups excluding carboxylic acids is 2. The Hall–Kier alpha value is -1.57. The van der Waals surface area contributed by atoms with Gasteiger partial charge in [-0.2, -0.15) is 0 Å². The second-order valence-electron chi connectivity index (χ2n) is 5.77. The van der Waals surface area contributed by atoms with Crippen LogP contribution in [0.25, 0.3) is 0 Å². The summed E-state index contributed by atoms with van der Waals surface area (Å²) in [4.78, 5) is 27.3. The minimum absolute atomic E-state index is 0.174. The van der Waals surface area contributed by atoms with E-state index in [2.05, 4.69) is 6.92 Å². The van der Waals surface area contributed by atoms with E-state index >= 15 is 0 Å². The summed E-state index contributed by atoms with van der Waals surface area (Å²) >= 11 is 1.76. The van der Waals surface area contributed by atoms with Crippen LogP contribution in [0.4, 0.5) is 5.69 Å². The Balaban J connectivity index is 1.63. The van der Waals surface area contributed by atoms with Crippen molar-refractivity contribution in [1.82, 2.24) is 0 Å². The van der Waals surface area contributed by atoms with Gasteiger partial charge < -0.3 is 19.1 Å². The average molecular weight is 351 g/mol. The molecule has 7 heteroatoms. The third kappa shape index (κ3) is 4.09. The van der Waals surface area contributed by atoms with Gasteiger partial charge in [-0.15, -0.1) is 11.8 Å². The SMILES string of the molecule is CC1CCN(C(=O)COC(=O)C2COCCO2)c2ccccc2S1. The van der Waals surface area contributed by atoms with Crippen molar-refractivity contribution >= 4 is 29.3 Å². The van der Waals surface area contributed by atoms with Crippen LogP contribution >= 0.6 is 11.8 Å². The molecule has 0 N–H and O–H groups in total. The first-order chi connectivity index (χ1) is 11.6. The minimum Gasteiger partial charge on any atom is -0.454 e. The number of rotatable bonds is 3. The summed E-state index contributed by atoms with van der Waals surface area (Å²) in [6.07, 6.45) is 0.150. The molecule has 0 spiro atoms. The van der Waals surface area contributed by atoms with E-state index in [0.29, 0.717) is 25.0 Å². The predicted molar refractivity (Wildman–Crippen MR) is 90.2 cm³/mol. The average Bonchev–Trinajstić information content (AvgIpc) is 2.78. The number of benzene rings is 1. The van der Waals surface area contributed by atoms with E-state index < -0.39 is 12.1 Å². The number of ether oxygens (including phenoxy) is 3. The molecular weight excluding hydrogens is 330 g/mol. The number of thioether (sulfide) groups is 1. The topological polar surface area (TPSA) is 65.1 Å². The number of esters is 1. The lowest BCUT2D eigenvalue weighted by Gasteiger charge is -2.24. The van der Waals surface area contributed by atoms with Gasteiger partial charge in [0, 0.05) is 16.7 Å². The molecule has 2 atom stereocenters. The van der Waals surface area contributed by atoms with Crippen molar-refractivity contribution in [3.63, 3.8) is 0 Å². The quantitative estimate of drug-likeness (QED) is 0.775. The zero-order valence-corrected chi connectivity index (χ0v) is 14.4. The van der Waals surface area contributed by atoms with E-state index in [9.17, 15) is 9.59 Å². The van der Waals surface area contributed by atoms with E-state index in [1.807, 2.05) is 24.3 Å². The van der Waals surface area contributed by atoms with Gasteiger partial charge >= 0.3 is 5.97 Å². The van der Waals surface area contributed by atoms with Crippen molar-refractivity contribution in [3.05, 3.63) is 24.3 Å². The molecule has 1 fully saturated rings. The van der Waals surface area contributed by atoms with Crippen LogP contribution in [0.1, 0.15) is 13.3 Å². The Morgan fingerprint density at radius 3 is 2.96 bits per heavy atom. The molecule has 2 heterocycles. The summed E-state index contributed by atoms with van der Waals surface area (Å²) in [6, 6.07) is 7.82. The number of hydrogen-bond acceptors (Lipinski definition) is 6. The van der Waals surface area contributed by atoms with Crippen molar-refractivity contribution in [2.45, 2.75) is 29.6 Å². The summed E-state index contributed by atoms with van der Waals surface area (Å²) in [5.74, 6) is -0.767. The molecule has 0 bridgehead atoms. The van der Waals surface area contributed by atoms with Gasteiger partial charge in [-0.25, -0.2) is 4.79 Å². The van der Waals surface area contributed by atoms with Crippen LogP contribution in [0.15, 0.2) is 29.2 Å².